The molecule has 0 saturated heterocycles. The number of nitrogens with one attached hydrogen (secondary N) is 1. The van der Waals surface area contributed by atoms with Crippen molar-refractivity contribution in [3.8, 4) is 0 Å². The zero-order valence-corrected chi connectivity index (χ0v) is 14.9. The van der Waals surface area contributed by atoms with Crippen LogP contribution in [0.4, 0.5) is 4.39 Å². The molecule has 1 atom stereocenters. The van der Waals surface area contributed by atoms with Gasteiger partial charge in [-0.2, -0.15) is 0 Å². The van der Waals surface area contributed by atoms with Crippen LogP contribution in [0.25, 0.3) is 0 Å². The molecule has 134 valence electrons. The molecule has 1 aliphatic rings. The summed E-state index contributed by atoms with van der Waals surface area (Å²) in [6.07, 6.45) is 4.55. The van der Waals surface area contributed by atoms with Gasteiger partial charge in [0, 0.05) is 12.1 Å². The van der Waals surface area contributed by atoms with Crippen molar-refractivity contribution in [2.75, 3.05) is 0 Å². The molecule has 1 fully saturated rings. The van der Waals surface area contributed by atoms with Crippen LogP contribution < -0.4 is 11.1 Å². The van der Waals surface area contributed by atoms with Gasteiger partial charge in [-0.15, -0.1) is 12.4 Å². The van der Waals surface area contributed by atoms with Crippen LogP contribution in [0.3, 0.4) is 0 Å². The zero-order chi connectivity index (χ0) is 16.9. The summed E-state index contributed by atoms with van der Waals surface area (Å²) >= 11 is 0. The number of nitrogens with two attached hydrogens (primary N) is 1. The molecule has 1 saturated carbocycles. The van der Waals surface area contributed by atoms with E-state index >= 15 is 0 Å². The Bertz CT molecular complexity index is 682. The van der Waals surface area contributed by atoms with Crippen LogP contribution in [0.15, 0.2) is 48.5 Å². The van der Waals surface area contributed by atoms with Crippen molar-refractivity contribution < 1.29 is 9.18 Å². The van der Waals surface area contributed by atoms with Crippen molar-refractivity contribution in [2.45, 2.75) is 38.3 Å². The van der Waals surface area contributed by atoms with Crippen LogP contribution in [0.1, 0.15) is 53.2 Å². The van der Waals surface area contributed by atoms with Crippen molar-refractivity contribution in [3.05, 3.63) is 71.0 Å². The lowest BCUT2D eigenvalue weighted by atomic mass is 9.91. The highest BCUT2D eigenvalue weighted by Gasteiger charge is 2.28. The molecule has 2 aromatic rings. The number of benzene rings is 2. The zero-order valence-electron chi connectivity index (χ0n) is 14.1. The summed E-state index contributed by atoms with van der Waals surface area (Å²) in [7, 11) is 0. The largest absolute Gasteiger partial charge is 0.345 e. The summed E-state index contributed by atoms with van der Waals surface area (Å²) in [5, 5.41) is 3.16. The van der Waals surface area contributed by atoms with E-state index in [0.29, 0.717) is 18.0 Å². The Kier molecular flexibility index (Phi) is 6.97. The molecule has 0 bridgehead atoms. The number of amides is 1. The maximum atomic E-state index is 13.2. The van der Waals surface area contributed by atoms with Gasteiger partial charge >= 0.3 is 0 Å². The standard InChI is InChI=1S/C20H23FN2O.ClH/c21-18-11-9-16(10-12-18)19(15-3-1-2-4-15)23-20(24)17-7-5-14(13-22)6-8-17;/h5-12,15,19H,1-4,13,22H2,(H,23,24);1H. The molecule has 5 heteroatoms. The number of carbonyl (C=O) groups excluding carboxylic acids is 1. The van der Waals surface area contributed by atoms with Crippen LogP contribution in [0.5, 0.6) is 0 Å². The second-order valence-electron chi connectivity index (χ2n) is 6.45. The molecule has 1 amide bonds. The van der Waals surface area contributed by atoms with Crippen LogP contribution in [0.2, 0.25) is 0 Å². The molecule has 1 aliphatic carbocycles. The van der Waals surface area contributed by atoms with E-state index in [2.05, 4.69) is 5.32 Å². The maximum Gasteiger partial charge on any atom is 0.251 e. The lowest BCUT2D eigenvalue weighted by Gasteiger charge is -2.25. The third kappa shape index (κ3) is 4.80. The third-order valence-electron chi connectivity index (χ3n) is 4.84. The molecule has 3 N–H and O–H groups in total. The van der Waals surface area contributed by atoms with Crippen LogP contribution in [-0.4, -0.2) is 5.91 Å². The van der Waals surface area contributed by atoms with Crippen molar-refractivity contribution in [1.82, 2.24) is 5.32 Å². The lowest BCUT2D eigenvalue weighted by Crippen LogP contribution is -2.32. The van der Waals surface area contributed by atoms with Crippen LogP contribution in [-0.2, 0) is 6.54 Å². The number of hydrogen-bond acceptors (Lipinski definition) is 2. The molecular weight excluding hydrogens is 339 g/mol. The smallest absolute Gasteiger partial charge is 0.251 e. The second kappa shape index (κ2) is 8.97. The van der Waals surface area contributed by atoms with Gasteiger partial charge in [0.05, 0.1) is 6.04 Å². The first-order chi connectivity index (χ1) is 11.7. The fourth-order valence-electron chi connectivity index (χ4n) is 3.45. The van der Waals surface area contributed by atoms with Gasteiger partial charge in [0.25, 0.3) is 5.91 Å². The van der Waals surface area contributed by atoms with E-state index in [9.17, 15) is 9.18 Å². The van der Waals surface area contributed by atoms with Gasteiger partial charge in [-0.05, 0) is 54.2 Å². The monoisotopic (exact) mass is 362 g/mol. The number of hydrogen-bond donors (Lipinski definition) is 2. The molecule has 2 aromatic carbocycles. The summed E-state index contributed by atoms with van der Waals surface area (Å²) in [6.45, 7) is 0.460. The molecule has 0 aliphatic heterocycles. The summed E-state index contributed by atoms with van der Waals surface area (Å²) < 4.78 is 13.2. The van der Waals surface area contributed by atoms with E-state index in [0.717, 1.165) is 24.0 Å². The van der Waals surface area contributed by atoms with Crippen molar-refractivity contribution in [2.24, 2.45) is 11.7 Å². The number of rotatable bonds is 5. The molecule has 3 nitrogen and oxygen atoms in total. The van der Waals surface area contributed by atoms with E-state index in [-0.39, 0.29) is 30.2 Å². The van der Waals surface area contributed by atoms with E-state index in [1.54, 1.807) is 24.3 Å². The topological polar surface area (TPSA) is 55.1 Å². The van der Waals surface area contributed by atoms with Gasteiger partial charge in [-0.3, -0.25) is 4.79 Å². The van der Waals surface area contributed by atoms with E-state index < -0.39 is 0 Å². The molecule has 3 rings (SSSR count). The van der Waals surface area contributed by atoms with Crippen LogP contribution >= 0.6 is 12.4 Å². The minimum Gasteiger partial charge on any atom is -0.345 e. The molecule has 0 radical (unpaired) electrons. The van der Waals surface area contributed by atoms with Gasteiger partial charge in [0.15, 0.2) is 0 Å². The quantitative estimate of drug-likeness (QED) is 0.829. The van der Waals surface area contributed by atoms with E-state index in [1.165, 1.54) is 25.0 Å². The fourth-order valence-corrected chi connectivity index (χ4v) is 3.45. The number of carbonyl (C=O) groups is 1. The molecule has 25 heavy (non-hydrogen) atoms. The third-order valence-corrected chi connectivity index (χ3v) is 4.84. The van der Waals surface area contributed by atoms with Crippen molar-refractivity contribution in [1.29, 1.82) is 0 Å². The fraction of sp³-hybridized carbons (Fsp3) is 0.350. The second-order valence-corrected chi connectivity index (χ2v) is 6.45. The summed E-state index contributed by atoms with van der Waals surface area (Å²) in [6, 6.07) is 13.7. The number of halogens is 2. The van der Waals surface area contributed by atoms with Gasteiger partial charge < -0.3 is 11.1 Å². The average molecular weight is 363 g/mol. The first kappa shape index (κ1) is 19.4. The molecule has 0 aromatic heterocycles. The minimum atomic E-state index is -0.257. The summed E-state index contributed by atoms with van der Waals surface area (Å²) in [5.74, 6) is 0.0511. The van der Waals surface area contributed by atoms with Crippen molar-refractivity contribution >= 4 is 18.3 Å². The highest BCUT2D eigenvalue weighted by atomic mass is 35.5. The van der Waals surface area contributed by atoms with E-state index in [1.807, 2.05) is 12.1 Å². The lowest BCUT2D eigenvalue weighted by molar-refractivity contribution is 0.0921. The predicted octanol–water partition coefficient (Wildman–Crippen LogP) is 4.37. The van der Waals surface area contributed by atoms with Gasteiger partial charge in [-0.1, -0.05) is 37.1 Å². The normalized spacial score (nSPS) is 15.4. The Morgan fingerprint density at radius 2 is 1.68 bits per heavy atom. The Labute approximate surface area is 154 Å². The van der Waals surface area contributed by atoms with E-state index in [4.69, 9.17) is 5.73 Å². The first-order valence-electron chi connectivity index (χ1n) is 8.52. The van der Waals surface area contributed by atoms with Gasteiger partial charge in [-0.25, -0.2) is 4.39 Å². The Balaban J connectivity index is 0.00000225. The SMILES string of the molecule is Cl.NCc1ccc(C(=O)NC(c2ccc(F)cc2)C2CCCC2)cc1. The van der Waals surface area contributed by atoms with Gasteiger partial charge in [0.1, 0.15) is 5.82 Å². The first-order valence-corrected chi connectivity index (χ1v) is 8.52. The van der Waals surface area contributed by atoms with Gasteiger partial charge in [0.2, 0.25) is 0 Å². The molecule has 1 unspecified atom stereocenters. The molecular formula is C20H24ClFN2O. The highest BCUT2D eigenvalue weighted by Crippen LogP contribution is 2.36. The summed E-state index contributed by atoms with van der Waals surface area (Å²) in [5.41, 5.74) is 8.18. The summed E-state index contributed by atoms with van der Waals surface area (Å²) in [4.78, 5) is 12.6. The van der Waals surface area contributed by atoms with Crippen LogP contribution in [0, 0.1) is 11.7 Å². The Morgan fingerprint density at radius 3 is 2.24 bits per heavy atom. The minimum absolute atomic E-state index is 0. The van der Waals surface area contributed by atoms with Crippen molar-refractivity contribution in [3.63, 3.8) is 0 Å². The predicted molar refractivity (Wildman–Crippen MR) is 100 cm³/mol. The Morgan fingerprint density at radius 1 is 1.08 bits per heavy atom. The highest BCUT2D eigenvalue weighted by molar-refractivity contribution is 5.94. The maximum absolute atomic E-state index is 13.2. The molecule has 0 heterocycles. The Hall–Kier alpha value is -1.91. The average Bonchev–Trinajstić information content (AvgIpc) is 3.15. The molecule has 0 spiro atoms.